The molecule has 0 spiro atoms. The Morgan fingerprint density at radius 1 is 0.608 bits per heavy atom. The van der Waals surface area contributed by atoms with Crippen LogP contribution < -0.4 is 0 Å². The van der Waals surface area contributed by atoms with E-state index >= 15 is 0 Å². The topological polar surface area (TPSA) is 82.1 Å². The second-order valence-electron chi connectivity index (χ2n) is 16.3. The molecule has 0 aromatic rings. The molecule has 4 saturated carbocycles. The van der Waals surface area contributed by atoms with Gasteiger partial charge in [-0.05, 0) is 126 Å². The molecule has 0 heterocycles. The Hall–Kier alpha value is -2.15. The Morgan fingerprint density at radius 2 is 1.08 bits per heavy atom. The lowest BCUT2D eigenvalue weighted by Crippen LogP contribution is -2.45. The second-order valence-corrected chi connectivity index (χ2v) is 16.3. The Bertz CT molecular complexity index is 997. The van der Waals surface area contributed by atoms with E-state index in [9.17, 15) is 14.4 Å². The highest BCUT2D eigenvalue weighted by Gasteiger charge is 2.50. The van der Waals surface area contributed by atoms with Gasteiger partial charge in [-0.25, -0.2) is 0 Å². The van der Waals surface area contributed by atoms with E-state index < -0.39 is 0 Å². The third kappa shape index (κ3) is 18.4. The van der Waals surface area contributed by atoms with E-state index in [0.717, 1.165) is 75.8 Å². The first kappa shape index (κ1) is 43.3. The minimum Gasteiger partial charge on any atom is -0.465 e. The normalized spacial score (nSPS) is 23.0. The number of carbonyl (C=O) groups is 3. The Balaban J connectivity index is 1.27. The first-order valence-electron chi connectivity index (χ1n) is 21.3. The van der Waals surface area contributed by atoms with Crippen molar-refractivity contribution in [3.63, 3.8) is 0 Å². The molecular weight excluding hydrogens is 638 g/mol. The van der Waals surface area contributed by atoms with Crippen LogP contribution in [0.3, 0.4) is 0 Å². The molecule has 0 aromatic carbocycles. The first-order valence-corrected chi connectivity index (χ1v) is 21.3. The fourth-order valence-corrected chi connectivity index (χ4v) is 9.24. The van der Waals surface area contributed by atoms with Gasteiger partial charge in [-0.3, -0.25) is 14.4 Å². The van der Waals surface area contributed by atoms with E-state index in [1.165, 1.54) is 83.5 Å². The highest BCUT2D eigenvalue weighted by molar-refractivity contribution is 5.70. The molecule has 0 aromatic heterocycles. The third-order valence-corrected chi connectivity index (χ3v) is 11.8. The van der Waals surface area contributed by atoms with E-state index in [1.807, 2.05) is 0 Å². The van der Waals surface area contributed by atoms with Crippen molar-refractivity contribution in [3.05, 3.63) is 24.3 Å². The molecule has 7 nitrogen and oxygen atoms in total. The molecule has 0 N–H and O–H groups in total. The molecule has 0 amide bonds. The molecule has 4 rings (SSSR count). The van der Waals surface area contributed by atoms with Crippen LogP contribution in [-0.4, -0.2) is 62.3 Å². The number of unbranched alkanes of at least 4 members (excludes halogenated alkanes) is 9. The predicted octanol–water partition coefficient (Wildman–Crippen LogP) is 10.6. The highest BCUT2D eigenvalue weighted by atomic mass is 16.6. The van der Waals surface area contributed by atoms with E-state index in [0.29, 0.717) is 31.2 Å². The molecule has 4 fully saturated rings. The van der Waals surface area contributed by atoms with Crippen molar-refractivity contribution < 1.29 is 28.6 Å². The summed E-state index contributed by atoms with van der Waals surface area (Å²) < 4.78 is 16.8. The molecule has 4 aliphatic rings. The molecule has 4 bridgehead atoms. The zero-order valence-corrected chi connectivity index (χ0v) is 33.0. The van der Waals surface area contributed by atoms with Crippen LogP contribution in [0.1, 0.15) is 168 Å². The predicted molar refractivity (Wildman–Crippen MR) is 207 cm³/mol. The van der Waals surface area contributed by atoms with E-state index in [4.69, 9.17) is 14.2 Å². The van der Waals surface area contributed by atoms with Gasteiger partial charge in [0.15, 0.2) is 0 Å². The fraction of sp³-hybridized carbons (Fsp3) is 0.841. The van der Waals surface area contributed by atoms with E-state index in [2.05, 4.69) is 50.0 Å². The molecule has 0 radical (unpaired) electrons. The van der Waals surface area contributed by atoms with Gasteiger partial charge in [0.1, 0.15) is 19.8 Å². The van der Waals surface area contributed by atoms with Crippen molar-refractivity contribution in [1.82, 2.24) is 4.90 Å². The Morgan fingerprint density at radius 3 is 1.61 bits per heavy atom. The molecule has 0 saturated heterocycles. The standard InChI is InChI=1S/C44H75NO6/c1-4-7-8-9-10-11-12-13-14-15-16-17-18-19-20-21-23-41(46)49-34-40(36-51-43(48)25-27-45(5-2)6-3)35-50-42(47)24-22-26-44-31-37-28-38(32-44)30-39(29-37)33-44/h10-11,13-14,37-40H,4-9,12,15-36H2,1-3H3/b11-10-,14-13-. The summed E-state index contributed by atoms with van der Waals surface area (Å²) in [6.45, 7) is 9.08. The van der Waals surface area contributed by atoms with Gasteiger partial charge in [-0.2, -0.15) is 0 Å². The van der Waals surface area contributed by atoms with Crippen LogP contribution in [0.4, 0.5) is 0 Å². The number of esters is 3. The maximum absolute atomic E-state index is 12.8. The van der Waals surface area contributed by atoms with Crippen LogP contribution in [0.5, 0.6) is 0 Å². The molecular formula is C44H75NO6. The van der Waals surface area contributed by atoms with Crippen LogP contribution in [0.25, 0.3) is 0 Å². The fourth-order valence-electron chi connectivity index (χ4n) is 9.24. The van der Waals surface area contributed by atoms with Crippen molar-refractivity contribution in [1.29, 1.82) is 0 Å². The lowest BCUT2D eigenvalue weighted by atomic mass is 9.48. The van der Waals surface area contributed by atoms with Gasteiger partial charge < -0.3 is 19.1 Å². The monoisotopic (exact) mass is 714 g/mol. The number of rotatable bonds is 30. The van der Waals surface area contributed by atoms with Crippen LogP contribution in [0.15, 0.2) is 24.3 Å². The van der Waals surface area contributed by atoms with Crippen molar-refractivity contribution >= 4 is 17.9 Å². The summed E-state index contributed by atoms with van der Waals surface area (Å²) in [7, 11) is 0. The maximum Gasteiger partial charge on any atom is 0.307 e. The van der Waals surface area contributed by atoms with Gasteiger partial charge in [0.05, 0.1) is 12.3 Å². The summed E-state index contributed by atoms with van der Waals surface area (Å²) in [6.07, 6.45) is 34.5. The molecule has 0 aliphatic heterocycles. The molecule has 51 heavy (non-hydrogen) atoms. The molecule has 1 unspecified atom stereocenters. The zero-order chi connectivity index (χ0) is 36.6. The van der Waals surface area contributed by atoms with Crippen LogP contribution in [-0.2, 0) is 28.6 Å². The molecule has 4 aliphatic carbocycles. The third-order valence-electron chi connectivity index (χ3n) is 11.8. The van der Waals surface area contributed by atoms with E-state index in [-0.39, 0.29) is 43.6 Å². The summed E-state index contributed by atoms with van der Waals surface area (Å²) in [5, 5.41) is 0. The van der Waals surface area contributed by atoms with Gasteiger partial charge in [0.2, 0.25) is 0 Å². The number of allylic oxidation sites excluding steroid dienone is 4. The summed E-state index contributed by atoms with van der Waals surface area (Å²) in [5.74, 6) is 1.67. The van der Waals surface area contributed by atoms with Gasteiger partial charge in [0.25, 0.3) is 0 Å². The Kier molecular flexibility index (Phi) is 21.9. The zero-order valence-electron chi connectivity index (χ0n) is 33.0. The van der Waals surface area contributed by atoms with E-state index in [1.54, 1.807) is 0 Å². The average Bonchev–Trinajstić information content (AvgIpc) is 3.10. The van der Waals surface area contributed by atoms with Crippen molar-refractivity contribution in [3.8, 4) is 0 Å². The minimum atomic E-state index is -0.366. The largest absolute Gasteiger partial charge is 0.465 e. The minimum absolute atomic E-state index is 0.0792. The summed E-state index contributed by atoms with van der Waals surface area (Å²) in [4.78, 5) is 40.0. The maximum atomic E-state index is 12.8. The lowest BCUT2D eigenvalue weighted by Gasteiger charge is -2.57. The van der Waals surface area contributed by atoms with Crippen LogP contribution in [0.2, 0.25) is 0 Å². The molecule has 1 atom stereocenters. The van der Waals surface area contributed by atoms with Gasteiger partial charge in [-0.15, -0.1) is 0 Å². The summed E-state index contributed by atoms with van der Waals surface area (Å²) >= 11 is 0. The number of hydrogen-bond acceptors (Lipinski definition) is 7. The van der Waals surface area contributed by atoms with Gasteiger partial charge >= 0.3 is 17.9 Å². The highest BCUT2D eigenvalue weighted by Crippen LogP contribution is 2.61. The van der Waals surface area contributed by atoms with Crippen molar-refractivity contribution in [2.24, 2.45) is 29.1 Å². The number of carbonyl (C=O) groups excluding carboxylic acids is 3. The van der Waals surface area contributed by atoms with Gasteiger partial charge in [0, 0.05) is 19.4 Å². The molecule has 292 valence electrons. The second kappa shape index (κ2) is 25.8. The van der Waals surface area contributed by atoms with Crippen LogP contribution >= 0.6 is 0 Å². The first-order chi connectivity index (χ1) is 24.8. The number of ether oxygens (including phenoxy) is 3. The number of nitrogens with zero attached hydrogens (tertiary/aromatic N) is 1. The molecule has 7 heteroatoms. The van der Waals surface area contributed by atoms with Crippen LogP contribution in [0, 0.1) is 29.1 Å². The average molecular weight is 714 g/mol. The quantitative estimate of drug-likeness (QED) is 0.0317. The summed E-state index contributed by atoms with van der Waals surface area (Å²) in [5.41, 5.74) is 0.466. The smallest absolute Gasteiger partial charge is 0.307 e. The lowest BCUT2D eigenvalue weighted by molar-refractivity contribution is -0.153. The SMILES string of the molecule is CCCCC/C=C\C/C=C\CCCCCCCCC(=O)OCC(COC(=O)CCCC12CC3CC(CC(C3)C1)C2)COC(=O)CCN(CC)CC. The van der Waals surface area contributed by atoms with Gasteiger partial charge in [-0.1, -0.05) is 83.6 Å². The Labute approximate surface area is 312 Å². The van der Waals surface area contributed by atoms with Crippen molar-refractivity contribution in [2.45, 2.75) is 168 Å². The number of hydrogen-bond donors (Lipinski definition) is 0. The summed E-state index contributed by atoms with van der Waals surface area (Å²) in [6, 6.07) is 0. The van der Waals surface area contributed by atoms with Crippen molar-refractivity contribution in [2.75, 3.05) is 39.5 Å².